The maximum Gasteiger partial charge on any atom is 0.240 e. The normalized spacial score (nSPS) is 22.3. The van der Waals surface area contributed by atoms with Crippen LogP contribution in [0.25, 0.3) is 0 Å². The van der Waals surface area contributed by atoms with Crippen molar-refractivity contribution < 1.29 is 9.47 Å². The predicted molar refractivity (Wildman–Crippen MR) is 85.6 cm³/mol. The number of rotatable bonds is 6. The minimum atomic E-state index is 0.276. The summed E-state index contributed by atoms with van der Waals surface area (Å²) in [4.78, 5) is 4.42. The van der Waals surface area contributed by atoms with Gasteiger partial charge in [0.15, 0.2) is 0 Å². The van der Waals surface area contributed by atoms with Gasteiger partial charge in [-0.25, -0.2) is 0 Å². The molecule has 2 rings (SSSR count). The Morgan fingerprint density at radius 2 is 2.14 bits per heavy atom. The topological polar surface area (TPSA) is 57.4 Å². The summed E-state index contributed by atoms with van der Waals surface area (Å²) in [5.41, 5.74) is 6.48. The zero-order chi connectivity index (χ0) is 15.2. The Morgan fingerprint density at radius 1 is 1.33 bits per heavy atom. The lowest BCUT2D eigenvalue weighted by atomic mass is 9.85. The van der Waals surface area contributed by atoms with Gasteiger partial charge in [0.1, 0.15) is 6.10 Å². The van der Waals surface area contributed by atoms with Gasteiger partial charge in [0.2, 0.25) is 11.8 Å². The zero-order valence-corrected chi connectivity index (χ0v) is 13.5. The fraction of sp³-hybridized carbons (Fsp3) is 0.706. The van der Waals surface area contributed by atoms with Crippen LogP contribution in [0, 0.1) is 11.8 Å². The van der Waals surface area contributed by atoms with Gasteiger partial charge in [-0.2, -0.15) is 4.98 Å². The van der Waals surface area contributed by atoms with Gasteiger partial charge in [0.25, 0.3) is 0 Å². The van der Waals surface area contributed by atoms with Crippen LogP contribution in [0.5, 0.6) is 11.8 Å². The number of hydrogen-bond acceptors (Lipinski definition) is 4. The highest BCUT2D eigenvalue weighted by Crippen LogP contribution is 2.30. The standard InChI is InChI=1S/C17H28N2O2/c1-4-13-6-5-7-14(10-13)21-16-9-8-15(18)17(19-16)20-11-12(2)3/h8-9,12-14H,4-7,10-11,18H2,1-3H3. The van der Waals surface area contributed by atoms with E-state index in [0.717, 1.165) is 18.8 Å². The first kappa shape index (κ1) is 15.9. The van der Waals surface area contributed by atoms with E-state index in [1.54, 1.807) is 0 Å². The van der Waals surface area contributed by atoms with E-state index in [9.17, 15) is 0 Å². The summed E-state index contributed by atoms with van der Waals surface area (Å²) in [5, 5.41) is 0. The molecule has 1 heterocycles. The molecule has 0 bridgehead atoms. The lowest BCUT2D eigenvalue weighted by Gasteiger charge is -2.28. The van der Waals surface area contributed by atoms with Crippen molar-refractivity contribution in [2.24, 2.45) is 11.8 Å². The van der Waals surface area contributed by atoms with Gasteiger partial charge < -0.3 is 15.2 Å². The molecule has 4 heteroatoms. The molecule has 0 amide bonds. The number of pyridine rings is 1. The first-order valence-electron chi connectivity index (χ1n) is 8.14. The van der Waals surface area contributed by atoms with E-state index in [4.69, 9.17) is 15.2 Å². The van der Waals surface area contributed by atoms with Crippen molar-refractivity contribution in [2.45, 2.75) is 59.0 Å². The second-order valence-electron chi connectivity index (χ2n) is 6.43. The second kappa shape index (κ2) is 7.53. The third-order valence-corrected chi connectivity index (χ3v) is 4.02. The van der Waals surface area contributed by atoms with Gasteiger partial charge in [-0.3, -0.25) is 0 Å². The first-order valence-corrected chi connectivity index (χ1v) is 8.14. The molecule has 0 spiro atoms. The molecule has 118 valence electrons. The molecule has 2 atom stereocenters. The number of anilines is 1. The van der Waals surface area contributed by atoms with Gasteiger partial charge >= 0.3 is 0 Å². The number of nitrogens with zero attached hydrogens (tertiary/aromatic N) is 1. The van der Waals surface area contributed by atoms with Gasteiger partial charge in [-0.1, -0.05) is 33.6 Å². The van der Waals surface area contributed by atoms with E-state index in [0.29, 0.717) is 30.0 Å². The molecule has 0 saturated heterocycles. The molecule has 21 heavy (non-hydrogen) atoms. The van der Waals surface area contributed by atoms with Crippen LogP contribution in [0.2, 0.25) is 0 Å². The van der Waals surface area contributed by atoms with Crippen molar-refractivity contribution >= 4 is 5.69 Å². The highest BCUT2D eigenvalue weighted by molar-refractivity contribution is 5.49. The summed E-state index contributed by atoms with van der Waals surface area (Å²) < 4.78 is 11.7. The first-order chi connectivity index (χ1) is 10.1. The molecule has 1 aliphatic rings. The van der Waals surface area contributed by atoms with E-state index in [2.05, 4.69) is 25.8 Å². The summed E-state index contributed by atoms with van der Waals surface area (Å²) in [5.74, 6) is 2.35. The number of ether oxygens (including phenoxy) is 2. The van der Waals surface area contributed by atoms with Crippen molar-refractivity contribution in [1.82, 2.24) is 4.98 Å². The van der Waals surface area contributed by atoms with Crippen molar-refractivity contribution in [3.8, 4) is 11.8 Å². The van der Waals surface area contributed by atoms with Gasteiger partial charge in [-0.15, -0.1) is 0 Å². The molecule has 0 radical (unpaired) electrons. The summed E-state index contributed by atoms with van der Waals surface area (Å²) in [6, 6.07) is 3.66. The third-order valence-electron chi connectivity index (χ3n) is 4.02. The van der Waals surface area contributed by atoms with Crippen LogP contribution >= 0.6 is 0 Å². The van der Waals surface area contributed by atoms with Crippen molar-refractivity contribution in [2.75, 3.05) is 12.3 Å². The molecule has 0 aliphatic heterocycles. The Labute approximate surface area is 128 Å². The van der Waals surface area contributed by atoms with E-state index >= 15 is 0 Å². The Bertz CT molecular complexity index is 448. The van der Waals surface area contributed by atoms with Crippen LogP contribution < -0.4 is 15.2 Å². The van der Waals surface area contributed by atoms with Crippen molar-refractivity contribution in [1.29, 1.82) is 0 Å². The van der Waals surface area contributed by atoms with E-state index in [-0.39, 0.29) is 6.10 Å². The summed E-state index contributed by atoms with van der Waals surface area (Å²) in [7, 11) is 0. The predicted octanol–water partition coefficient (Wildman–Crippen LogP) is 4.05. The lowest BCUT2D eigenvalue weighted by Crippen LogP contribution is -2.25. The molecule has 4 nitrogen and oxygen atoms in total. The maximum atomic E-state index is 6.04. The minimum absolute atomic E-state index is 0.276. The Balaban J connectivity index is 1.98. The largest absolute Gasteiger partial charge is 0.476 e. The highest BCUT2D eigenvalue weighted by atomic mass is 16.5. The summed E-state index contributed by atoms with van der Waals surface area (Å²) >= 11 is 0. The number of nitrogens with two attached hydrogens (primary N) is 1. The summed E-state index contributed by atoms with van der Waals surface area (Å²) in [6.45, 7) is 7.07. The molecular weight excluding hydrogens is 264 g/mol. The summed E-state index contributed by atoms with van der Waals surface area (Å²) in [6.07, 6.45) is 6.33. The van der Waals surface area contributed by atoms with Crippen LogP contribution in [-0.4, -0.2) is 17.7 Å². The third kappa shape index (κ3) is 4.80. The monoisotopic (exact) mass is 292 g/mol. The Kier molecular flexibility index (Phi) is 5.71. The molecule has 1 aliphatic carbocycles. The Morgan fingerprint density at radius 3 is 2.86 bits per heavy atom. The van der Waals surface area contributed by atoms with E-state index in [1.807, 2.05) is 12.1 Å². The van der Waals surface area contributed by atoms with Gasteiger partial charge in [-0.05, 0) is 37.2 Å². The maximum absolute atomic E-state index is 6.04. The average Bonchev–Trinajstić information content (AvgIpc) is 2.48. The lowest BCUT2D eigenvalue weighted by molar-refractivity contribution is 0.116. The van der Waals surface area contributed by atoms with Crippen LogP contribution in [0.15, 0.2) is 12.1 Å². The smallest absolute Gasteiger partial charge is 0.240 e. The number of hydrogen-bond donors (Lipinski definition) is 1. The average molecular weight is 292 g/mol. The van der Waals surface area contributed by atoms with E-state index < -0.39 is 0 Å². The molecule has 1 aromatic heterocycles. The zero-order valence-electron chi connectivity index (χ0n) is 13.5. The molecule has 2 N–H and O–H groups in total. The molecule has 2 unspecified atom stereocenters. The van der Waals surface area contributed by atoms with Gasteiger partial charge in [0.05, 0.1) is 12.3 Å². The minimum Gasteiger partial charge on any atom is -0.476 e. The molecule has 1 fully saturated rings. The van der Waals surface area contributed by atoms with Gasteiger partial charge in [0, 0.05) is 6.07 Å². The van der Waals surface area contributed by atoms with Crippen LogP contribution in [0.3, 0.4) is 0 Å². The van der Waals surface area contributed by atoms with Crippen LogP contribution in [-0.2, 0) is 0 Å². The molecule has 1 saturated carbocycles. The molecule has 0 aromatic carbocycles. The van der Waals surface area contributed by atoms with Crippen LogP contribution in [0.4, 0.5) is 5.69 Å². The molecule has 1 aromatic rings. The Hall–Kier alpha value is -1.45. The van der Waals surface area contributed by atoms with Crippen LogP contribution in [0.1, 0.15) is 52.9 Å². The van der Waals surface area contributed by atoms with Crippen molar-refractivity contribution in [3.63, 3.8) is 0 Å². The quantitative estimate of drug-likeness (QED) is 0.859. The second-order valence-corrected chi connectivity index (χ2v) is 6.43. The SMILES string of the molecule is CCC1CCCC(Oc2ccc(N)c(OCC(C)C)n2)C1. The highest BCUT2D eigenvalue weighted by Gasteiger charge is 2.22. The number of nitrogen functional groups attached to an aromatic ring is 1. The van der Waals surface area contributed by atoms with Crippen molar-refractivity contribution in [3.05, 3.63) is 12.1 Å². The fourth-order valence-corrected chi connectivity index (χ4v) is 2.75. The fourth-order valence-electron chi connectivity index (χ4n) is 2.75. The molecular formula is C17H28N2O2. The van der Waals surface area contributed by atoms with E-state index in [1.165, 1.54) is 19.3 Å². The number of aromatic nitrogens is 1.